The van der Waals surface area contributed by atoms with E-state index in [-0.39, 0.29) is 0 Å². The van der Waals surface area contributed by atoms with Crippen LogP contribution in [0.15, 0.2) is 23.4 Å². The molecular formula is C27H46Si. The first-order valence-electron chi connectivity index (χ1n) is 12.8. The highest BCUT2D eigenvalue weighted by Crippen LogP contribution is 2.67. The van der Waals surface area contributed by atoms with Crippen LogP contribution in [0, 0.1) is 34.5 Å². The van der Waals surface area contributed by atoms with Crippen molar-refractivity contribution >= 4 is 8.07 Å². The van der Waals surface area contributed by atoms with Crippen LogP contribution in [0.1, 0.15) is 92.4 Å². The minimum absolute atomic E-state index is 0.438. The molecule has 0 heterocycles. The molecule has 1 unspecified atom stereocenters. The SMILES string of the molecule is C=C(C1=CC[C@H]2[C@@H]3CCC4CCCC[C@]4(C)[C@H]3CC[C@]12C)[Si](CC)(CC)CC. The van der Waals surface area contributed by atoms with E-state index in [1.165, 1.54) is 75.9 Å². The number of hydrogen-bond donors (Lipinski definition) is 0. The standard InChI is InChI=1S/C27H46Si/c1-7-28(8-2,9-3)20(4)23-15-16-24-22-14-13-21-12-10-11-18-26(21,5)25(22)17-19-27(23,24)6/h15,21-22,24-25H,4,7-14,16-19H2,1-3,5-6H3/t21?,22-,24-,25-,26-,27+/m0/s1. The van der Waals surface area contributed by atoms with Gasteiger partial charge in [-0.1, -0.05) is 83.4 Å². The molecule has 0 radical (unpaired) electrons. The first-order valence-corrected chi connectivity index (χ1v) is 15.4. The Labute approximate surface area is 176 Å². The second kappa shape index (κ2) is 7.43. The Hall–Kier alpha value is -0.303. The molecule has 28 heavy (non-hydrogen) atoms. The zero-order chi connectivity index (χ0) is 20.2. The average Bonchev–Trinajstić information content (AvgIpc) is 3.06. The second-order valence-corrected chi connectivity index (χ2v) is 16.8. The lowest BCUT2D eigenvalue weighted by atomic mass is 9.45. The van der Waals surface area contributed by atoms with Gasteiger partial charge >= 0.3 is 0 Å². The number of hydrogen-bond acceptors (Lipinski definition) is 0. The van der Waals surface area contributed by atoms with Crippen molar-refractivity contribution in [2.75, 3.05) is 0 Å². The van der Waals surface area contributed by atoms with Gasteiger partial charge in [0.1, 0.15) is 0 Å². The first kappa shape index (κ1) is 20.9. The van der Waals surface area contributed by atoms with Crippen LogP contribution in [0.3, 0.4) is 0 Å². The number of allylic oxidation sites excluding steroid dienone is 3. The third kappa shape index (κ3) is 2.81. The lowest BCUT2D eigenvalue weighted by Crippen LogP contribution is -2.52. The van der Waals surface area contributed by atoms with Crippen LogP contribution in [-0.2, 0) is 0 Å². The van der Waals surface area contributed by atoms with Crippen LogP contribution in [0.25, 0.3) is 0 Å². The van der Waals surface area contributed by atoms with Gasteiger partial charge in [0.25, 0.3) is 0 Å². The second-order valence-electron chi connectivity index (χ2n) is 11.5. The summed E-state index contributed by atoms with van der Waals surface area (Å²) >= 11 is 0. The van der Waals surface area contributed by atoms with E-state index in [1.54, 1.807) is 10.8 Å². The van der Waals surface area contributed by atoms with Gasteiger partial charge in [0, 0.05) is 0 Å². The Kier molecular flexibility index (Phi) is 5.56. The third-order valence-electron chi connectivity index (χ3n) is 11.2. The predicted molar refractivity (Wildman–Crippen MR) is 126 cm³/mol. The van der Waals surface area contributed by atoms with Gasteiger partial charge in [0.05, 0.1) is 8.07 Å². The Morgan fingerprint density at radius 3 is 2.36 bits per heavy atom. The Balaban J connectivity index is 1.61. The van der Waals surface area contributed by atoms with Crippen molar-refractivity contribution in [3.8, 4) is 0 Å². The lowest BCUT2D eigenvalue weighted by Gasteiger charge is -2.60. The summed E-state index contributed by atoms with van der Waals surface area (Å²) in [5, 5.41) is 1.65. The summed E-state index contributed by atoms with van der Waals surface area (Å²) in [7, 11) is -1.36. The Bertz CT molecular complexity index is 632. The molecule has 0 aliphatic heterocycles. The molecule has 0 amide bonds. The van der Waals surface area contributed by atoms with Gasteiger partial charge in [0.15, 0.2) is 0 Å². The maximum absolute atomic E-state index is 4.83. The largest absolute Gasteiger partial charge is 0.0995 e. The van der Waals surface area contributed by atoms with Gasteiger partial charge in [0.2, 0.25) is 0 Å². The van der Waals surface area contributed by atoms with Crippen molar-refractivity contribution in [2.45, 2.75) is 111 Å². The highest BCUT2D eigenvalue weighted by molar-refractivity contribution is 6.87. The summed E-state index contributed by atoms with van der Waals surface area (Å²) in [6, 6.07) is 4.13. The smallest absolute Gasteiger partial charge is 0.0855 e. The summed E-state index contributed by atoms with van der Waals surface area (Å²) in [6.45, 7) is 17.5. The van der Waals surface area contributed by atoms with Crippen LogP contribution < -0.4 is 0 Å². The Morgan fingerprint density at radius 1 is 0.964 bits per heavy atom. The van der Waals surface area contributed by atoms with E-state index in [0.29, 0.717) is 10.8 Å². The summed E-state index contributed by atoms with van der Waals surface area (Å²) in [5.41, 5.74) is 2.86. The van der Waals surface area contributed by atoms with E-state index in [9.17, 15) is 0 Å². The minimum atomic E-state index is -1.36. The van der Waals surface area contributed by atoms with Crippen LogP contribution in [0.4, 0.5) is 0 Å². The molecule has 1 heteroatoms. The fourth-order valence-corrected chi connectivity index (χ4v) is 12.7. The lowest BCUT2D eigenvalue weighted by molar-refractivity contribution is -0.0983. The molecule has 0 aromatic carbocycles. The highest BCUT2D eigenvalue weighted by Gasteiger charge is 2.58. The van der Waals surface area contributed by atoms with Crippen molar-refractivity contribution < 1.29 is 0 Å². The average molecular weight is 399 g/mol. The number of rotatable bonds is 5. The van der Waals surface area contributed by atoms with Crippen molar-refractivity contribution in [3.63, 3.8) is 0 Å². The van der Waals surface area contributed by atoms with Crippen molar-refractivity contribution in [3.05, 3.63) is 23.4 Å². The summed E-state index contributed by atoms with van der Waals surface area (Å²) in [6.07, 6.45) is 16.1. The van der Waals surface area contributed by atoms with E-state index >= 15 is 0 Å². The Morgan fingerprint density at radius 2 is 1.68 bits per heavy atom. The monoisotopic (exact) mass is 398 g/mol. The van der Waals surface area contributed by atoms with Crippen LogP contribution in [0.2, 0.25) is 18.1 Å². The van der Waals surface area contributed by atoms with Crippen LogP contribution >= 0.6 is 0 Å². The molecule has 4 aliphatic carbocycles. The molecule has 3 saturated carbocycles. The molecule has 6 atom stereocenters. The molecule has 0 aromatic rings. The molecule has 4 aliphatic rings. The molecule has 0 aromatic heterocycles. The predicted octanol–water partition coefficient (Wildman–Crippen LogP) is 8.56. The maximum atomic E-state index is 4.83. The van der Waals surface area contributed by atoms with Gasteiger partial charge in [-0.15, -0.1) is 0 Å². The molecule has 0 spiro atoms. The first-order chi connectivity index (χ1) is 13.4. The van der Waals surface area contributed by atoms with E-state index in [1.807, 2.05) is 0 Å². The summed E-state index contributed by atoms with van der Waals surface area (Å²) in [4.78, 5) is 0. The molecule has 0 nitrogen and oxygen atoms in total. The molecule has 0 bridgehead atoms. The zero-order valence-electron chi connectivity index (χ0n) is 19.6. The summed E-state index contributed by atoms with van der Waals surface area (Å²) < 4.78 is 0. The third-order valence-corrected chi connectivity index (χ3v) is 16.8. The normalized spacial score (nSPS) is 43.0. The van der Waals surface area contributed by atoms with Gasteiger partial charge in [-0.3, -0.25) is 0 Å². The quantitative estimate of drug-likeness (QED) is 0.407. The molecular weight excluding hydrogens is 352 g/mol. The van der Waals surface area contributed by atoms with Gasteiger partial charge in [-0.25, -0.2) is 0 Å². The van der Waals surface area contributed by atoms with Crippen molar-refractivity contribution in [1.29, 1.82) is 0 Å². The van der Waals surface area contributed by atoms with Gasteiger partial charge < -0.3 is 0 Å². The molecule has 3 fully saturated rings. The summed E-state index contributed by atoms with van der Waals surface area (Å²) in [5.74, 6) is 3.95. The zero-order valence-corrected chi connectivity index (χ0v) is 20.6. The van der Waals surface area contributed by atoms with E-state index in [0.717, 1.165) is 23.7 Å². The fraction of sp³-hybridized carbons (Fsp3) is 0.852. The topological polar surface area (TPSA) is 0 Å². The van der Waals surface area contributed by atoms with E-state index in [2.05, 4.69) is 40.7 Å². The van der Waals surface area contributed by atoms with Gasteiger partial charge in [-0.2, -0.15) is 0 Å². The van der Waals surface area contributed by atoms with Crippen LogP contribution in [-0.4, -0.2) is 8.07 Å². The minimum Gasteiger partial charge on any atom is -0.0995 e. The van der Waals surface area contributed by atoms with E-state index < -0.39 is 8.07 Å². The van der Waals surface area contributed by atoms with E-state index in [4.69, 9.17) is 6.58 Å². The van der Waals surface area contributed by atoms with Crippen molar-refractivity contribution in [1.82, 2.24) is 0 Å². The molecule has 4 rings (SSSR count). The molecule has 0 saturated heterocycles. The fourth-order valence-electron chi connectivity index (χ4n) is 9.01. The van der Waals surface area contributed by atoms with Crippen LogP contribution in [0.5, 0.6) is 0 Å². The number of fused-ring (bicyclic) bond motifs is 5. The molecule has 0 N–H and O–H groups in total. The maximum Gasteiger partial charge on any atom is 0.0855 e. The van der Waals surface area contributed by atoms with Crippen molar-refractivity contribution in [2.24, 2.45) is 34.5 Å². The molecule has 158 valence electrons. The highest BCUT2D eigenvalue weighted by atomic mass is 28.3. The van der Waals surface area contributed by atoms with Gasteiger partial charge in [-0.05, 0) is 85.0 Å².